The highest BCUT2D eigenvalue weighted by Gasteiger charge is 2.12. The van der Waals surface area contributed by atoms with Crippen molar-refractivity contribution in [1.82, 2.24) is 4.98 Å². The zero-order valence-electron chi connectivity index (χ0n) is 15.2. The van der Waals surface area contributed by atoms with Crippen LogP contribution < -0.4 is 15.8 Å². The second-order valence-corrected chi connectivity index (χ2v) is 6.20. The maximum Gasteiger partial charge on any atom is 0.320 e. The normalized spacial score (nSPS) is 11.5. The second kappa shape index (κ2) is 8.81. The topological polar surface area (TPSA) is 141 Å². The van der Waals surface area contributed by atoms with E-state index in [-0.39, 0.29) is 12.1 Å². The fourth-order valence-electron chi connectivity index (χ4n) is 2.49. The summed E-state index contributed by atoms with van der Waals surface area (Å²) >= 11 is 0. The molecule has 148 valence electrons. The summed E-state index contributed by atoms with van der Waals surface area (Å²) < 4.78 is 5.77. The molecule has 0 saturated carbocycles. The van der Waals surface area contributed by atoms with Crippen molar-refractivity contribution < 1.29 is 19.6 Å². The van der Waals surface area contributed by atoms with Crippen molar-refractivity contribution in [3.63, 3.8) is 0 Å². The molecule has 0 fully saturated rings. The lowest BCUT2D eigenvalue weighted by molar-refractivity contribution is -0.385. The van der Waals surface area contributed by atoms with Gasteiger partial charge in [0.2, 0.25) is 0 Å². The van der Waals surface area contributed by atoms with Crippen molar-refractivity contribution in [2.75, 3.05) is 5.32 Å². The molecular formula is C20H18N4O5. The van der Waals surface area contributed by atoms with Crippen LogP contribution in [0.3, 0.4) is 0 Å². The van der Waals surface area contributed by atoms with Gasteiger partial charge in [-0.3, -0.25) is 14.9 Å². The van der Waals surface area contributed by atoms with Crippen LogP contribution in [0.5, 0.6) is 11.5 Å². The molecule has 0 amide bonds. The maximum absolute atomic E-state index is 10.8. The van der Waals surface area contributed by atoms with Crippen LogP contribution in [0.15, 0.2) is 66.9 Å². The number of hydrogen-bond acceptors (Lipinski definition) is 7. The van der Waals surface area contributed by atoms with Crippen molar-refractivity contribution in [3.05, 3.63) is 82.5 Å². The number of nitrogens with zero attached hydrogens (tertiary/aromatic N) is 2. The van der Waals surface area contributed by atoms with E-state index >= 15 is 0 Å². The van der Waals surface area contributed by atoms with E-state index in [0.717, 1.165) is 11.3 Å². The van der Waals surface area contributed by atoms with Gasteiger partial charge in [-0.25, -0.2) is 4.98 Å². The van der Waals surface area contributed by atoms with E-state index in [1.54, 1.807) is 48.5 Å². The smallest absolute Gasteiger partial charge is 0.320 e. The van der Waals surface area contributed by atoms with Gasteiger partial charge in [-0.2, -0.15) is 0 Å². The highest BCUT2D eigenvalue weighted by molar-refractivity contribution is 5.73. The Morgan fingerprint density at radius 3 is 2.24 bits per heavy atom. The molecule has 1 aromatic heterocycles. The third-order valence-electron chi connectivity index (χ3n) is 4.02. The van der Waals surface area contributed by atoms with Crippen LogP contribution in [-0.2, 0) is 11.2 Å². The minimum absolute atomic E-state index is 0.0738. The summed E-state index contributed by atoms with van der Waals surface area (Å²) in [5.74, 6) is 0.667. The molecule has 9 heteroatoms. The van der Waals surface area contributed by atoms with E-state index in [1.165, 1.54) is 18.3 Å². The van der Waals surface area contributed by atoms with Crippen LogP contribution in [0.1, 0.15) is 5.56 Å². The summed E-state index contributed by atoms with van der Waals surface area (Å²) in [6.07, 6.45) is 1.43. The molecule has 0 bridgehead atoms. The average molecular weight is 394 g/mol. The number of carbonyl (C=O) groups is 1. The predicted octanol–water partition coefficient (Wildman–Crippen LogP) is 3.48. The van der Waals surface area contributed by atoms with Gasteiger partial charge in [-0.1, -0.05) is 12.1 Å². The number of carboxylic acid groups (broad SMARTS) is 1. The molecule has 1 heterocycles. The van der Waals surface area contributed by atoms with E-state index in [2.05, 4.69) is 10.3 Å². The first-order chi connectivity index (χ1) is 13.9. The minimum atomic E-state index is -1.04. The first-order valence-corrected chi connectivity index (χ1v) is 8.63. The van der Waals surface area contributed by atoms with Crippen molar-refractivity contribution in [2.45, 2.75) is 12.5 Å². The molecular weight excluding hydrogens is 376 g/mol. The largest absolute Gasteiger partial charge is 0.480 e. The average Bonchev–Trinajstić information content (AvgIpc) is 2.71. The molecule has 0 saturated heterocycles. The summed E-state index contributed by atoms with van der Waals surface area (Å²) in [6, 6.07) is 16.1. The van der Waals surface area contributed by atoms with Crippen LogP contribution >= 0.6 is 0 Å². The van der Waals surface area contributed by atoms with Gasteiger partial charge in [0.1, 0.15) is 29.6 Å². The maximum atomic E-state index is 10.8. The van der Waals surface area contributed by atoms with Gasteiger partial charge in [0.25, 0.3) is 5.69 Å². The summed E-state index contributed by atoms with van der Waals surface area (Å²) in [5, 5.41) is 22.6. The van der Waals surface area contributed by atoms with E-state index in [0.29, 0.717) is 17.3 Å². The Bertz CT molecular complexity index is 989. The summed E-state index contributed by atoms with van der Waals surface area (Å²) in [4.78, 5) is 25.0. The summed E-state index contributed by atoms with van der Waals surface area (Å²) in [7, 11) is 0. The Labute approximate surface area is 165 Å². The van der Waals surface area contributed by atoms with Crippen molar-refractivity contribution in [3.8, 4) is 11.5 Å². The third-order valence-corrected chi connectivity index (χ3v) is 4.02. The molecule has 0 aliphatic heterocycles. The van der Waals surface area contributed by atoms with Gasteiger partial charge >= 0.3 is 5.97 Å². The molecule has 0 aliphatic carbocycles. The Kier molecular flexibility index (Phi) is 6.00. The number of ether oxygens (including phenoxy) is 1. The molecule has 0 aliphatic rings. The number of nitrogens with two attached hydrogens (primary N) is 1. The minimum Gasteiger partial charge on any atom is -0.480 e. The first-order valence-electron chi connectivity index (χ1n) is 8.63. The molecule has 0 radical (unpaired) electrons. The van der Waals surface area contributed by atoms with Crippen LogP contribution in [-0.4, -0.2) is 27.0 Å². The molecule has 9 nitrogen and oxygen atoms in total. The van der Waals surface area contributed by atoms with Crippen LogP contribution in [0.2, 0.25) is 0 Å². The van der Waals surface area contributed by atoms with E-state index in [9.17, 15) is 14.9 Å². The Morgan fingerprint density at radius 1 is 1.10 bits per heavy atom. The van der Waals surface area contributed by atoms with Crippen molar-refractivity contribution >= 4 is 23.2 Å². The highest BCUT2D eigenvalue weighted by atomic mass is 16.6. The van der Waals surface area contributed by atoms with Gasteiger partial charge < -0.3 is 20.9 Å². The molecule has 0 unspecified atom stereocenters. The number of aliphatic carboxylic acids is 1. The number of pyridine rings is 1. The Balaban J connectivity index is 1.58. The lowest BCUT2D eigenvalue weighted by atomic mass is 10.1. The van der Waals surface area contributed by atoms with Crippen LogP contribution in [0.25, 0.3) is 0 Å². The van der Waals surface area contributed by atoms with Crippen LogP contribution in [0, 0.1) is 10.1 Å². The Hall–Kier alpha value is -3.98. The van der Waals surface area contributed by atoms with Gasteiger partial charge in [-0.15, -0.1) is 0 Å². The number of benzene rings is 2. The first kappa shape index (κ1) is 19.8. The van der Waals surface area contributed by atoms with E-state index in [4.69, 9.17) is 15.6 Å². The lowest BCUT2D eigenvalue weighted by Gasteiger charge is -2.10. The van der Waals surface area contributed by atoms with E-state index in [1.807, 2.05) is 0 Å². The number of aromatic nitrogens is 1. The zero-order chi connectivity index (χ0) is 20.8. The van der Waals surface area contributed by atoms with Crippen molar-refractivity contribution in [1.29, 1.82) is 0 Å². The summed E-state index contributed by atoms with van der Waals surface area (Å²) in [6.45, 7) is 0. The lowest BCUT2D eigenvalue weighted by Crippen LogP contribution is -2.32. The monoisotopic (exact) mass is 394 g/mol. The highest BCUT2D eigenvalue weighted by Crippen LogP contribution is 2.25. The standard InChI is InChI=1S/C20H18N4O5/c21-18(20(25)26)11-13-1-6-16(7-2-13)29-17-8-3-14(4-9-17)23-19-10-5-15(12-22-19)24(27)28/h1-10,12,18H,11,21H2,(H,22,23)(H,25,26)/t18-/m0/s1. The van der Waals surface area contributed by atoms with Gasteiger partial charge in [0.05, 0.1) is 4.92 Å². The summed E-state index contributed by atoms with van der Waals surface area (Å²) in [5.41, 5.74) is 7.01. The van der Waals surface area contributed by atoms with Gasteiger partial charge in [-0.05, 0) is 54.4 Å². The van der Waals surface area contributed by atoms with Gasteiger partial charge in [0, 0.05) is 11.8 Å². The predicted molar refractivity (Wildman–Crippen MR) is 106 cm³/mol. The number of anilines is 2. The van der Waals surface area contributed by atoms with Gasteiger partial charge in [0.15, 0.2) is 0 Å². The molecule has 29 heavy (non-hydrogen) atoms. The van der Waals surface area contributed by atoms with Crippen LogP contribution in [0.4, 0.5) is 17.2 Å². The fourth-order valence-corrected chi connectivity index (χ4v) is 2.49. The number of nitrogens with one attached hydrogen (secondary N) is 1. The quantitative estimate of drug-likeness (QED) is 0.389. The number of carboxylic acids is 1. The fraction of sp³-hybridized carbons (Fsp3) is 0.100. The molecule has 3 rings (SSSR count). The molecule has 2 aromatic carbocycles. The number of hydrogen-bond donors (Lipinski definition) is 3. The molecule has 0 spiro atoms. The Morgan fingerprint density at radius 2 is 1.72 bits per heavy atom. The molecule has 1 atom stereocenters. The van der Waals surface area contributed by atoms with E-state index < -0.39 is 16.9 Å². The number of rotatable bonds is 8. The molecule has 4 N–H and O–H groups in total. The zero-order valence-corrected chi connectivity index (χ0v) is 15.2. The van der Waals surface area contributed by atoms with Crippen molar-refractivity contribution in [2.24, 2.45) is 5.73 Å². The third kappa shape index (κ3) is 5.50. The number of nitro groups is 1. The molecule has 3 aromatic rings. The SMILES string of the molecule is N[C@@H](Cc1ccc(Oc2ccc(Nc3ccc([N+](=O)[O-])cn3)cc2)cc1)C(=O)O. The second-order valence-electron chi connectivity index (χ2n) is 6.20.